The molecule has 0 aliphatic heterocycles. The summed E-state index contributed by atoms with van der Waals surface area (Å²) in [6, 6.07) is 7.82. The van der Waals surface area contributed by atoms with Crippen molar-refractivity contribution in [2.45, 2.75) is 52.5 Å². The Morgan fingerprint density at radius 1 is 0.912 bits per heavy atom. The lowest BCUT2D eigenvalue weighted by Crippen LogP contribution is -2.45. The van der Waals surface area contributed by atoms with Crippen molar-refractivity contribution in [2.75, 3.05) is 26.4 Å². The first-order valence-electron chi connectivity index (χ1n) is 12.0. The van der Waals surface area contributed by atoms with E-state index < -0.39 is 14.4 Å². The summed E-state index contributed by atoms with van der Waals surface area (Å²) < 4.78 is 29.0. The molecule has 0 aliphatic carbocycles. The highest BCUT2D eigenvalue weighted by atomic mass is 28.4. The Hall–Kier alpha value is -2.59. The first-order valence-corrected chi connectivity index (χ1v) is 13.9. The van der Waals surface area contributed by atoms with Crippen LogP contribution in [0.3, 0.4) is 0 Å². The van der Waals surface area contributed by atoms with E-state index in [1.54, 1.807) is 42.9 Å². The second-order valence-corrected chi connectivity index (χ2v) is 10.5. The van der Waals surface area contributed by atoms with Crippen LogP contribution in [0.2, 0.25) is 6.04 Å². The molecule has 0 aliphatic rings. The molecule has 0 aromatic carbocycles. The van der Waals surface area contributed by atoms with E-state index in [1.165, 1.54) is 0 Å². The van der Waals surface area contributed by atoms with Crippen LogP contribution >= 0.6 is 0 Å². The van der Waals surface area contributed by atoms with Crippen LogP contribution in [0.15, 0.2) is 52.1 Å². The van der Waals surface area contributed by atoms with Gasteiger partial charge in [0.25, 0.3) is 0 Å². The lowest BCUT2D eigenvalue weighted by atomic mass is 10.1. The fourth-order valence-electron chi connectivity index (χ4n) is 3.78. The van der Waals surface area contributed by atoms with Gasteiger partial charge >= 0.3 is 14.4 Å². The smallest absolute Gasteiger partial charge is 0.478 e. The second kappa shape index (κ2) is 13.3. The van der Waals surface area contributed by atoms with Gasteiger partial charge in [0.05, 0.1) is 12.2 Å². The van der Waals surface area contributed by atoms with Crippen molar-refractivity contribution in [3.05, 3.63) is 53.3 Å². The molecule has 0 atom stereocenters. The minimum absolute atomic E-state index is 0.401. The van der Waals surface area contributed by atoms with Crippen LogP contribution in [0.5, 0.6) is 5.88 Å². The minimum Gasteiger partial charge on any atom is -0.478 e. The molecule has 0 bridgehead atoms. The third-order valence-electron chi connectivity index (χ3n) is 5.30. The molecule has 0 N–H and O–H groups in total. The molecule has 0 unspecified atom stereocenters. The van der Waals surface area contributed by atoms with Crippen LogP contribution in [-0.4, -0.2) is 45.2 Å². The maximum atomic E-state index is 12.4. The van der Waals surface area contributed by atoms with Gasteiger partial charge in [0.1, 0.15) is 5.58 Å². The number of hydrogen-bond acceptors (Lipinski definition) is 8. The number of pyridine rings is 2. The van der Waals surface area contributed by atoms with Crippen LogP contribution < -0.4 is 10.4 Å². The Kier molecular flexibility index (Phi) is 10.2. The molecule has 0 amide bonds. The number of fused-ring (bicyclic) bond motifs is 1. The molecule has 3 aromatic heterocycles. The molecule has 9 heteroatoms. The van der Waals surface area contributed by atoms with Gasteiger partial charge < -0.3 is 22.4 Å². The van der Waals surface area contributed by atoms with Gasteiger partial charge in [0.2, 0.25) is 5.88 Å². The van der Waals surface area contributed by atoms with E-state index in [1.807, 2.05) is 20.8 Å². The molecular weight excluding hydrogens is 452 g/mol. The predicted molar refractivity (Wildman–Crippen MR) is 133 cm³/mol. The Labute approximate surface area is 201 Å². The lowest BCUT2D eigenvalue weighted by Gasteiger charge is -2.28. The van der Waals surface area contributed by atoms with Gasteiger partial charge in [-0.1, -0.05) is 12.8 Å². The van der Waals surface area contributed by atoms with Crippen molar-refractivity contribution in [3.63, 3.8) is 0 Å². The molecule has 0 spiro atoms. The Balaban J connectivity index is 1.47. The van der Waals surface area contributed by atoms with E-state index >= 15 is 0 Å². The summed E-state index contributed by atoms with van der Waals surface area (Å²) >= 11 is 0. The number of aromatic nitrogens is 2. The average Bonchev–Trinajstić information content (AvgIpc) is 2.84. The Morgan fingerprint density at radius 2 is 1.59 bits per heavy atom. The molecule has 3 aromatic rings. The van der Waals surface area contributed by atoms with Crippen molar-refractivity contribution in [1.82, 2.24) is 9.97 Å². The van der Waals surface area contributed by atoms with Gasteiger partial charge in [0, 0.05) is 55.9 Å². The summed E-state index contributed by atoms with van der Waals surface area (Å²) in [6.45, 7) is 8.27. The summed E-state index contributed by atoms with van der Waals surface area (Å²) in [5.74, 6) is 0.447. The van der Waals surface area contributed by atoms with Gasteiger partial charge in [0.15, 0.2) is 0 Å². The van der Waals surface area contributed by atoms with Gasteiger partial charge in [-0.05, 0) is 57.4 Å². The number of unbranched alkanes of at least 4 members (excludes halogenated alkanes) is 3. The summed E-state index contributed by atoms with van der Waals surface area (Å²) in [5.41, 5.74) is 1.30. The highest BCUT2D eigenvalue weighted by molar-refractivity contribution is 6.60. The molecule has 0 saturated heterocycles. The lowest BCUT2D eigenvalue weighted by molar-refractivity contribution is 0.0706. The van der Waals surface area contributed by atoms with E-state index in [9.17, 15) is 4.79 Å². The van der Waals surface area contributed by atoms with Gasteiger partial charge in [-0.15, -0.1) is 0 Å². The molecule has 8 nitrogen and oxygen atoms in total. The summed E-state index contributed by atoms with van der Waals surface area (Å²) in [5, 5.41) is 0.740. The second-order valence-electron chi connectivity index (χ2n) is 7.74. The first-order chi connectivity index (χ1) is 16.6. The molecule has 3 heterocycles. The third-order valence-corrected chi connectivity index (χ3v) is 8.46. The van der Waals surface area contributed by atoms with E-state index in [0.29, 0.717) is 43.5 Å². The summed E-state index contributed by atoms with van der Waals surface area (Å²) in [6.07, 6.45) is 8.91. The first kappa shape index (κ1) is 26.0. The molecular formula is C25H34N2O6Si. The van der Waals surface area contributed by atoms with Crippen LogP contribution in [-0.2, 0) is 13.3 Å². The maximum absolute atomic E-state index is 12.4. The van der Waals surface area contributed by atoms with E-state index in [2.05, 4.69) is 9.97 Å². The predicted octanol–water partition coefficient (Wildman–Crippen LogP) is 5.24. The normalized spacial score (nSPS) is 11.7. The zero-order chi connectivity index (χ0) is 24.2. The van der Waals surface area contributed by atoms with Gasteiger partial charge in [-0.3, -0.25) is 4.98 Å². The number of hydrogen-bond donors (Lipinski definition) is 0. The SMILES string of the molecule is CCO[Si](CCCCCCOc1cc2oc(=O)c(-c3ccncc3)cc2cn1)(OCC)OCC. The summed E-state index contributed by atoms with van der Waals surface area (Å²) in [4.78, 5) is 20.8. The molecule has 0 saturated carbocycles. The van der Waals surface area contributed by atoms with E-state index in [-0.39, 0.29) is 0 Å². The van der Waals surface area contributed by atoms with Crippen molar-refractivity contribution in [1.29, 1.82) is 0 Å². The van der Waals surface area contributed by atoms with Gasteiger partial charge in [-0.2, -0.15) is 0 Å². The number of ether oxygens (including phenoxy) is 1. The molecule has 0 fully saturated rings. The average molecular weight is 487 g/mol. The fourth-order valence-corrected chi connectivity index (χ4v) is 6.47. The number of nitrogens with zero attached hydrogens (tertiary/aromatic N) is 2. The number of rotatable bonds is 15. The molecule has 0 radical (unpaired) electrons. The summed E-state index contributed by atoms with van der Waals surface area (Å²) in [7, 11) is -2.55. The quantitative estimate of drug-likeness (QED) is 0.213. The van der Waals surface area contributed by atoms with Crippen LogP contribution in [0, 0.1) is 0 Å². The molecule has 184 valence electrons. The highest BCUT2D eigenvalue weighted by Gasteiger charge is 2.39. The third kappa shape index (κ3) is 7.20. The topological polar surface area (TPSA) is 92.9 Å². The largest absolute Gasteiger partial charge is 0.500 e. The monoisotopic (exact) mass is 486 g/mol. The molecule has 34 heavy (non-hydrogen) atoms. The Bertz CT molecular complexity index is 1060. The Morgan fingerprint density at radius 3 is 2.26 bits per heavy atom. The van der Waals surface area contributed by atoms with Crippen LogP contribution in [0.1, 0.15) is 46.5 Å². The van der Waals surface area contributed by atoms with E-state index in [0.717, 1.165) is 42.7 Å². The minimum atomic E-state index is -2.55. The zero-order valence-corrected chi connectivity index (χ0v) is 21.2. The van der Waals surface area contributed by atoms with Crippen LogP contribution in [0.25, 0.3) is 22.1 Å². The highest BCUT2D eigenvalue weighted by Crippen LogP contribution is 2.23. The van der Waals surface area contributed by atoms with E-state index in [4.69, 9.17) is 22.4 Å². The van der Waals surface area contributed by atoms with Gasteiger partial charge in [-0.25, -0.2) is 9.78 Å². The van der Waals surface area contributed by atoms with Crippen molar-refractivity contribution in [2.24, 2.45) is 0 Å². The van der Waals surface area contributed by atoms with Crippen molar-refractivity contribution < 1.29 is 22.4 Å². The zero-order valence-electron chi connectivity index (χ0n) is 20.2. The van der Waals surface area contributed by atoms with Crippen molar-refractivity contribution >= 4 is 19.8 Å². The molecule has 3 rings (SSSR count). The van der Waals surface area contributed by atoms with Crippen LogP contribution in [0.4, 0.5) is 0 Å². The maximum Gasteiger partial charge on any atom is 0.500 e. The van der Waals surface area contributed by atoms with Crippen molar-refractivity contribution in [3.8, 4) is 17.0 Å². The fraction of sp³-hybridized carbons (Fsp3) is 0.480. The standard InChI is InChI=1S/C25H34N2O6Si/c1-4-30-34(31-5-2,32-6-3)16-10-8-7-9-15-29-24-18-23-21(19-27-24)17-22(25(28)33-23)20-11-13-26-14-12-20/h11-14,17-19H,4-10,15-16H2,1-3H3.